The van der Waals surface area contributed by atoms with Gasteiger partial charge in [0, 0.05) is 20.9 Å². The van der Waals surface area contributed by atoms with Crippen molar-refractivity contribution in [3.8, 4) is 0 Å². The van der Waals surface area contributed by atoms with E-state index in [-0.39, 0.29) is 0 Å². The molecule has 0 aliphatic rings. The van der Waals surface area contributed by atoms with Gasteiger partial charge in [0.25, 0.3) is 0 Å². The molecule has 0 saturated heterocycles. The molecule has 0 aliphatic carbocycles. The van der Waals surface area contributed by atoms with Gasteiger partial charge in [-0.2, -0.15) is 0 Å². The third-order valence-electron chi connectivity index (χ3n) is 2.96. The molecule has 0 fully saturated rings. The minimum Gasteiger partial charge on any atom is -0.378 e. The number of hydrogen-bond donors (Lipinski definition) is 1. The molecular weight excluding hydrogens is 322 g/mol. The molecule has 0 atom stereocenters. The van der Waals surface area contributed by atoms with Crippen LogP contribution in [-0.2, 0) is 6.54 Å². The third-order valence-corrected chi connectivity index (χ3v) is 4.33. The first kappa shape index (κ1) is 12.6. The van der Waals surface area contributed by atoms with Crippen LogP contribution >= 0.6 is 27.3 Å². The van der Waals surface area contributed by atoms with Gasteiger partial charge in [0.15, 0.2) is 0 Å². The number of fused-ring (bicyclic) bond motifs is 1. The van der Waals surface area contributed by atoms with Gasteiger partial charge in [0.2, 0.25) is 0 Å². The first-order valence-electron chi connectivity index (χ1n) is 5.91. The molecular formula is C14H12BrN3S. The van der Waals surface area contributed by atoms with E-state index in [1.165, 1.54) is 4.88 Å². The standard InChI is InChI=1S/C14H12BrN3S/c1-9-13(19-8-18-9)7-16-12-4-2-3-10-5-11(15)6-17-14(10)12/h2-6,8,16H,7H2,1H3. The average Bonchev–Trinajstić information content (AvgIpc) is 2.81. The van der Waals surface area contributed by atoms with Gasteiger partial charge in [-0.1, -0.05) is 12.1 Å². The number of hydrogen-bond acceptors (Lipinski definition) is 4. The van der Waals surface area contributed by atoms with Crippen LogP contribution in [0.25, 0.3) is 10.9 Å². The van der Waals surface area contributed by atoms with Crippen LogP contribution < -0.4 is 5.32 Å². The number of para-hydroxylation sites is 1. The van der Waals surface area contributed by atoms with E-state index in [0.717, 1.165) is 33.3 Å². The molecule has 19 heavy (non-hydrogen) atoms. The van der Waals surface area contributed by atoms with Crippen molar-refractivity contribution in [3.05, 3.63) is 51.0 Å². The zero-order valence-corrected chi connectivity index (χ0v) is 12.8. The van der Waals surface area contributed by atoms with E-state index in [2.05, 4.69) is 49.4 Å². The van der Waals surface area contributed by atoms with Crippen LogP contribution in [0.5, 0.6) is 0 Å². The molecule has 0 amide bonds. The van der Waals surface area contributed by atoms with E-state index in [1.807, 2.05) is 24.7 Å². The smallest absolute Gasteiger partial charge is 0.0934 e. The molecule has 2 aromatic heterocycles. The average molecular weight is 334 g/mol. The van der Waals surface area contributed by atoms with Gasteiger partial charge in [-0.15, -0.1) is 11.3 Å². The van der Waals surface area contributed by atoms with Crippen molar-refractivity contribution in [1.29, 1.82) is 0 Å². The molecule has 1 N–H and O–H groups in total. The summed E-state index contributed by atoms with van der Waals surface area (Å²) in [5, 5.41) is 4.57. The minimum atomic E-state index is 0.785. The Morgan fingerprint density at radius 1 is 1.32 bits per heavy atom. The molecule has 0 radical (unpaired) electrons. The summed E-state index contributed by atoms with van der Waals surface area (Å²) in [4.78, 5) is 10.00. The summed E-state index contributed by atoms with van der Waals surface area (Å²) in [7, 11) is 0. The number of pyridine rings is 1. The number of nitrogens with zero attached hydrogens (tertiary/aromatic N) is 2. The predicted octanol–water partition coefficient (Wildman–Crippen LogP) is 4.37. The lowest BCUT2D eigenvalue weighted by Gasteiger charge is -2.08. The quantitative estimate of drug-likeness (QED) is 0.773. The molecule has 3 aromatic rings. The minimum absolute atomic E-state index is 0.785. The fourth-order valence-corrected chi connectivity index (χ4v) is 3.01. The Morgan fingerprint density at radius 2 is 2.21 bits per heavy atom. The van der Waals surface area contributed by atoms with Crippen LogP contribution in [0.4, 0.5) is 5.69 Å². The summed E-state index contributed by atoms with van der Waals surface area (Å²) in [6.45, 7) is 2.82. The lowest BCUT2D eigenvalue weighted by molar-refractivity contribution is 1.12. The van der Waals surface area contributed by atoms with Crippen molar-refractivity contribution >= 4 is 43.9 Å². The van der Waals surface area contributed by atoms with Crippen LogP contribution in [0.15, 0.2) is 40.4 Å². The molecule has 3 rings (SSSR count). The number of aryl methyl sites for hydroxylation is 1. The van der Waals surface area contributed by atoms with Crippen LogP contribution in [0, 0.1) is 6.92 Å². The Bertz CT molecular complexity index is 724. The fraction of sp³-hybridized carbons (Fsp3) is 0.143. The van der Waals surface area contributed by atoms with Crippen molar-refractivity contribution in [2.75, 3.05) is 5.32 Å². The molecule has 0 aliphatic heterocycles. The molecule has 0 bridgehead atoms. The number of thiazole rings is 1. The molecule has 0 unspecified atom stereocenters. The van der Waals surface area contributed by atoms with Gasteiger partial charge in [0.1, 0.15) is 0 Å². The first-order chi connectivity index (χ1) is 9.24. The van der Waals surface area contributed by atoms with Gasteiger partial charge in [-0.05, 0) is 35.0 Å². The van der Waals surface area contributed by atoms with E-state index in [0.29, 0.717) is 0 Å². The second-order valence-electron chi connectivity index (χ2n) is 4.25. The van der Waals surface area contributed by atoms with Crippen molar-refractivity contribution in [2.24, 2.45) is 0 Å². The summed E-state index contributed by atoms with van der Waals surface area (Å²) < 4.78 is 0.996. The SMILES string of the molecule is Cc1ncsc1CNc1cccc2cc(Br)cnc12. The Labute approximate surface area is 123 Å². The highest BCUT2D eigenvalue weighted by Crippen LogP contribution is 2.25. The van der Waals surface area contributed by atoms with Gasteiger partial charge < -0.3 is 5.32 Å². The normalized spacial score (nSPS) is 10.8. The lowest BCUT2D eigenvalue weighted by Crippen LogP contribution is -2.00. The summed E-state index contributed by atoms with van der Waals surface area (Å²) >= 11 is 5.12. The molecule has 0 spiro atoms. The highest BCUT2D eigenvalue weighted by Gasteiger charge is 2.05. The van der Waals surface area contributed by atoms with E-state index < -0.39 is 0 Å². The van der Waals surface area contributed by atoms with Crippen LogP contribution in [0.2, 0.25) is 0 Å². The van der Waals surface area contributed by atoms with E-state index in [1.54, 1.807) is 11.3 Å². The number of benzene rings is 1. The maximum absolute atomic E-state index is 4.48. The molecule has 3 nitrogen and oxygen atoms in total. The zero-order chi connectivity index (χ0) is 13.2. The van der Waals surface area contributed by atoms with Crippen LogP contribution in [-0.4, -0.2) is 9.97 Å². The highest BCUT2D eigenvalue weighted by atomic mass is 79.9. The number of rotatable bonds is 3. The molecule has 0 saturated carbocycles. The van der Waals surface area contributed by atoms with E-state index >= 15 is 0 Å². The maximum Gasteiger partial charge on any atom is 0.0934 e. The largest absolute Gasteiger partial charge is 0.378 e. The number of aromatic nitrogens is 2. The fourth-order valence-electron chi connectivity index (χ4n) is 1.95. The number of anilines is 1. The number of nitrogens with one attached hydrogen (secondary N) is 1. The van der Waals surface area contributed by atoms with E-state index in [9.17, 15) is 0 Å². The number of halogens is 1. The van der Waals surface area contributed by atoms with Gasteiger partial charge >= 0.3 is 0 Å². The molecule has 96 valence electrons. The van der Waals surface area contributed by atoms with Crippen molar-refractivity contribution in [3.63, 3.8) is 0 Å². The monoisotopic (exact) mass is 333 g/mol. The van der Waals surface area contributed by atoms with Crippen LogP contribution in [0.3, 0.4) is 0 Å². The zero-order valence-electron chi connectivity index (χ0n) is 10.4. The molecule has 5 heteroatoms. The highest BCUT2D eigenvalue weighted by molar-refractivity contribution is 9.10. The molecule has 1 aromatic carbocycles. The molecule has 2 heterocycles. The topological polar surface area (TPSA) is 37.8 Å². The second kappa shape index (κ2) is 5.27. The Morgan fingerprint density at radius 3 is 3.00 bits per heavy atom. The second-order valence-corrected chi connectivity index (χ2v) is 6.10. The summed E-state index contributed by atoms with van der Waals surface area (Å²) in [5.41, 5.74) is 5.02. The maximum atomic E-state index is 4.48. The Hall–Kier alpha value is -1.46. The Kier molecular flexibility index (Phi) is 3.48. The van der Waals surface area contributed by atoms with Gasteiger partial charge in [-0.3, -0.25) is 4.98 Å². The first-order valence-corrected chi connectivity index (χ1v) is 7.58. The van der Waals surface area contributed by atoms with E-state index in [4.69, 9.17) is 0 Å². The van der Waals surface area contributed by atoms with Gasteiger partial charge in [0.05, 0.1) is 29.0 Å². The Balaban J connectivity index is 1.91. The summed E-state index contributed by atoms with van der Waals surface area (Å²) in [6.07, 6.45) is 1.82. The van der Waals surface area contributed by atoms with Crippen molar-refractivity contribution in [2.45, 2.75) is 13.5 Å². The summed E-state index contributed by atoms with van der Waals surface area (Å²) in [5.74, 6) is 0. The summed E-state index contributed by atoms with van der Waals surface area (Å²) in [6, 6.07) is 8.24. The predicted molar refractivity (Wildman–Crippen MR) is 83.6 cm³/mol. The van der Waals surface area contributed by atoms with Gasteiger partial charge in [-0.25, -0.2) is 4.98 Å². The van der Waals surface area contributed by atoms with Crippen molar-refractivity contribution in [1.82, 2.24) is 9.97 Å². The lowest BCUT2D eigenvalue weighted by atomic mass is 10.2. The van der Waals surface area contributed by atoms with Crippen LogP contribution in [0.1, 0.15) is 10.6 Å². The third kappa shape index (κ3) is 2.62. The van der Waals surface area contributed by atoms with Crippen molar-refractivity contribution < 1.29 is 0 Å².